The SMILES string of the molecule is CCOC(=O)Cc1csc(NCCc2nncn2C)n1. The van der Waals surface area contributed by atoms with Crippen molar-refractivity contribution >= 4 is 22.4 Å². The Hall–Kier alpha value is -1.96. The summed E-state index contributed by atoms with van der Waals surface area (Å²) in [7, 11) is 1.91. The summed E-state index contributed by atoms with van der Waals surface area (Å²) in [6.45, 7) is 2.91. The fraction of sp³-hybridized carbons (Fsp3) is 0.500. The highest BCUT2D eigenvalue weighted by molar-refractivity contribution is 7.13. The Kier molecular flexibility index (Phi) is 5.05. The second-order valence-corrected chi connectivity index (χ2v) is 5.02. The van der Waals surface area contributed by atoms with Gasteiger partial charge in [-0.3, -0.25) is 4.79 Å². The van der Waals surface area contributed by atoms with E-state index in [9.17, 15) is 4.79 Å². The van der Waals surface area contributed by atoms with Crippen molar-refractivity contribution in [1.82, 2.24) is 19.7 Å². The van der Waals surface area contributed by atoms with Crippen LogP contribution in [0.2, 0.25) is 0 Å². The maximum absolute atomic E-state index is 11.3. The van der Waals surface area contributed by atoms with Gasteiger partial charge in [-0.1, -0.05) is 0 Å². The van der Waals surface area contributed by atoms with Gasteiger partial charge in [0.1, 0.15) is 12.2 Å². The van der Waals surface area contributed by atoms with Crippen molar-refractivity contribution in [3.05, 3.63) is 23.2 Å². The number of rotatable bonds is 7. The molecule has 2 rings (SSSR count). The third-order valence-electron chi connectivity index (χ3n) is 2.61. The number of nitrogens with zero attached hydrogens (tertiary/aromatic N) is 4. The van der Waals surface area contributed by atoms with Gasteiger partial charge in [-0.05, 0) is 6.92 Å². The average molecular weight is 295 g/mol. The molecule has 0 saturated heterocycles. The Labute approximate surface area is 121 Å². The van der Waals surface area contributed by atoms with Crippen molar-refractivity contribution in [3.8, 4) is 0 Å². The van der Waals surface area contributed by atoms with Crippen LogP contribution in [0.15, 0.2) is 11.7 Å². The van der Waals surface area contributed by atoms with Crippen LogP contribution in [-0.2, 0) is 29.4 Å². The van der Waals surface area contributed by atoms with Gasteiger partial charge in [0, 0.05) is 25.4 Å². The van der Waals surface area contributed by atoms with Crippen LogP contribution in [-0.4, -0.2) is 38.9 Å². The van der Waals surface area contributed by atoms with Crippen LogP contribution in [0.5, 0.6) is 0 Å². The maximum atomic E-state index is 11.3. The van der Waals surface area contributed by atoms with Crippen molar-refractivity contribution in [2.75, 3.05) is 18.5 Å². The monoisotopic (exact) mass is 295 g/mol. The molecule has 0 aromatic carbocycles. The molecule has 2 heterocycles. The van der Waals surface area contributed by atoms with E-state index in [0.29, 0.717) is 6.61 Å². The first-order valence-electron chi connectivity index (χ1n) is 6.35. The maximum Gasteiger partial charge on any atom is 0.311 e. The standard InChI is InChI=1S/C12H17N5O2S/c1-3-19-11(18)6-9-7-20-12(15-9)13-5-4-10-16-14-8-17(10)2/h7-8H,3-6H2,1-2H3,(H,13,15). The smallest absolute Gasteiger partial charge is 0.311 e. The van der Waals surface area contributed by atoms with Crippen LogP contribution < -0.4 is 5.32 Å². The second kappa shape index (κ2) is 6.99. The lowest BCUT2D eigenvalue weighted by atomic mass is 10.3. The first-order chi connectivity index (χ1) is 9.69. The molecule has 0 aliphatic rings. The summed E-state index contributed by atoms with van der Waals surface area (Å²) in [5.41, 5.74) is 0.731. The van der Waals surface area contributed by atoms with E-state index in [0.717, 1.165) is 29.6 Å². The van der Waals surface area contributed by atoms with E-state index >= 15 is 0 Å². The molecule has 0 amide bonds. The molecule has 108 valence electrons. The number of anilines is 1. The van der Waals surface area contributed by atoms with Gasteiger partial charge < -0.3 is 14.6 Å². The summed E-state index contributed by atoms with van der Waals surface area (Å²) >= 11 is 1.48. The number of aryl methyl sites for hydroxylation is 1. The van der Waals surface area contributed by atoms with E-state index in [-0.39, 0.29) is 12.4 Å². The predicted octanol–water partition coefficient (Wildman–Crippen LogP) is 1.03. The number of hydrogen-bond acceptors (Lipinski definition) is 7. The fourth-order valence-electron chi connectivity index (χ4n) is 1.64. The quantitative estimate of drug-likeness (QED) is 0.768. The molecule has 0 spiro atoms. The zero-order chi connectivity index (χ0) is 14.4. The van der Waals surface area contributed by atoms with Crippen molar-refractivity contribution in [2.24, 2.45) is 7.05 Å². The molecule has 7 nitrogen and oxygen atoms in total. The van der Waals surface area contributed by atoms with Gasteiger partial charge in [0.15, 0.2) is 5.13 Å². The molecule has 0 bridgehead atoms. The van der Waals surface area contributed by atoms with Crippen LogP contribution in [0.3, 0.4) is 0 Å². The third kappa shape index (κ3) is 4.02. The van der Waals surface area contributed by atoms with Gasteiger partial charge in [0.05, 0.1) is 18.7 Å². The minimum atomic E-state index is -0.247. The Morgan fingerprint density at radius 3 is 3.10 bits per heavy atom. The molecule has 2 aromatic heterocycles. The summed E-state index contributed by atoms with van der Waals surface area (Å²) in [6.07, 6.45) is 2.66. The van der Waals surface area contributed by atoms with Crippen LogP contribution in [0, 0.1) is 0 Å². The van der Waals surface area contributed by atoms with Crippen LogP contribution in [0.4, 0.5) is 5.13 Å². The molecular weight excluding hydrogens is 278 g/mol. The molecule has 0 aliphatic carbocycles. The normalized spacial score (nSPS) is 10.5. The van der Waals surface area contributed by atoms with Gasteiger partial charge >= 0.3 is 5.97 Å². The predicted molar refractivity (Wildman–Crippen MR) is 75.6 cm³/mol. The largest absolute Gasteiger partial charge is 0.466 e. The molecular formula is C12H17N5O2S. The molecule has 0 radical (unpaired) electrons. The number of carbonyl (C=O) groups excluding carboxylic acids is 1. The number of nitrogens with one attached hydrogen (secondary N) is 1. The summed E-state index contributed by atoms with van der Waals surface area (Å²) < 4.78 is 6.77. The molecule has 20 heavy (non-hydrogen) atoms. The molecule has 0 aliphatic heterocycles. The average Bonchev–Trinajstić information content (AvgIpc) is 3.00. The first kappa shape index (κ1) is 14.4. The number of ether oxygens (including phenoxy) is 1. The minimum Gasteiger partial charge on any atom is -0.466 e. The number of esters is 1. The highest BCUT2D eigenvalue weighted by Crippen LogP contribution is 2.16. The van der Waals surface area contributed by atoms with Crippen molar-refractivity contribution in [2.45, 2.75) is 19.8 Å². The van der Waals surface area contributed by atoms with Gasteiger partial charge in [0.2, 0.25) is 0 Å². The lowest BCUT2D eigenvalue weighted by Gasteiger charge is -2.02. The third-order valence-corrected chi connectivity index (χ3v) is 3.46. The highest BCUT2D eigenvalue weighted by atomic mass is 32.1. The number of thiazole rings is 1. The van der Waals surface area contributed by atoms with E-state index in [1.807, 2.05) is 17.0 Å². The first-order valence-corrected chi connectivity index (χ1v) is 7.23. The van der Waals surface area contributed by atoms with E-state index < -0.39 is 0 Å². The number of hydrogen-bond donors (Lipinski definition) is 1. The van der Waals surface area contributed by atoms with E-state index in [2.05, 4.69) is 20.5 Å². The lowest BCUT2D eigenvalue weighted by molar-refractivity contribution is -0.142. The molecule has 8 heteroatoms. The van der Waals surface area contributed by atoms with Crippen LogP contribution in [0.1, 0.15) is 18.4 Å². The van der Waals surface area contributed by atoms with Crippen LogP contribution >= 0.6 is 11.3 Å². The summed E-state index contributed by atoms with van der Waals surface area (Å²) in [5, 5.41) is 13.7. The second-order valence-electron chi connectivity index (χ2n) is 4.16. The Balaban J connectivity index is 1.78. The number of carbonyl (C=O) groups is 1. The molecule has 1 N–H and O–H groups in total. The van der Waals surface area contributed by atoms with Gasteiger partial charge in [-0.15, -0.1) is 21.5 Å². The summed E-state index contributed by atoms with van der Waals surface area (Å²) in [5.74, 6) is 0.671. The van der Waals surface area contributed by atoms with E-state index in [1.54, 1.807) is 13.3 Å². The van der Waals surface area contributed by atoms with Crippen LogP contribution in [0.25, 0.3) is 0 Å². The Morgan fingerprint density at radius 1 is 1.55 bits per heavy atom. The molecule has 0 saturated carbocycles. The van der Waals surface area contributed by atoms with Gasteiger partial charge in [0.25, 0.3) is 0 Å². The minimum absolute atomic E-state index is 0.218. The molecule has 0 atom stereocenters. The topological polar surface area (TPSA) is 81.9 Å². The van der Waals surface area contributed by atoms with E-state index in [4.69, 9.17) is 4.74 Å². The van der Waals surface area contributed by atoms with E-state index in [1.165, 1.54) is 11.3 Å². The zero-order valence-corrected chi connectivity index (χ0v) is 12.3. The Bertz CT molecular complexity index is 566. The molecule has 0 fully saturated rings. The lowest BCUT2D eigenvalue weighted by Crippen LogP contribution is -2.09. The van der Waals surface area contributed by atoms with Crippen molar-refractivity contribution in [1.29, 1.82) is 0 Å². The Morgan fingerprint density at radius 2 is 2.40 bits per heavy atom. The van der Waals surface area contributed by atoms with Gasteiger partial charge in [-0.25, -0.2) is 4.98 Å². The highest BCUT2D eigenvalue weighted by Gasteiger charge is 2.08. The van der Waals surface area contributed by atoms with Crippen molar-refractivity contribution in [3.63, 3.8) is 0 Å². The fourth-order valence-corrected chi connectivity index (χ4v) is 2.38. The zero-order valence-electron chi connectivity index (χ0n) is 11.5. The van der Waals surface area contributed by atoms with Gasteiger partial charge in [-0.2, -0.15) is 0 Å². The molecule has 0 unspecified atom stereocenters. The number of aromatic nitrogens is 4. The summed E-state index contributed by atoms with van der Waals surface area (Å²) in [4.78, 5) is 15.7. The molecule has 2 aromatic rings. The van der Waals surface area contributed by atoms with Crippen molar-refractivity contribution < 1.29 is 9.53 Å². The summed E-state index contributed by atoms with van der Waals surface area (Å²) in [6, 6.07) is 0.